The topological polar surface area (TPSA) is 62.3 Å². The number of methoxy groups -OCH3 is 2. The van der Waals surface area contributed by atoms with Crippen molar-refractivity contribution in [1.29, 1.82) is 0 Å². The van der Waals surface area contributed by atoms with Gasteiger partial charge in [0.2, 0.25) is 11.8 Å². The summed E-state index contributed by atoms with van der Waals surface area (Å²) in [6.07, 6.45) is 2.36. The fourth-order valence-corrected chi connectivity index (χ4v) is 4.82. The van der Waals surface area contributed by atoms with Gasteiger partial charge in [0.05, 0.1) is 19.8 Å². The SMILES string of the molecule is COc1ccc(CN2CC(=O)N(CCCN3CCCC3=O)C[C@@H](OC)C2)c2ccccc12. The summed E-state index contributed by atoms with van der Waals surface area (Å²) in [4.78, 5) is 30.9. The minimum Gasteiger partial charge on any atom is -0.496 e. The molecule has 1 atom stereocenters. The van der Waals surface area contributed by atoms with Gasteiger partial charge >= 0.3 is 0 Å². The zero-order valence-electron chi connectivity index (χ0n) is 19.1. The molecule has 0 aliphatic carbocycles. The molecule has 0 radical (unpaired) electrons. The van der Waals surface area contributed by atoms with Crippen LogP contribution in [0.3, 0.4) is 0 Å². The van der Waals surface area contributed by atoms with Gasteiger partial charge < -0.3 is 19.3 Å². The van der Waals surface area contributed by atoms with E-state index in [-0.39, 0.29) is 17.9 Å². The average Bonchev–Trinajstić information content (AvgIpc) is 3.15. The van der Waals surface area contributed by atoms with Crippen molar-refractivity contribution in [2.75, 3.05) is 53.5 Å². The zero-order valence-corrected chi connectivity index (χ0v) is 19.1. The van der Waals surface area contributed by atoms with Crippen molar-refractivity contribution in [3.05, 3.63) is 42.0 Å². The Morgan fingerprint density at radius 2 is 1.72 bits per heavy atom. The minimum absolute atomic E-state index is 0.0422. The standard InChI is InChI=1S/C25H33N3O4/c1-31-20-16-26(15-19-10-11-23(32-2)22-8-4-3-7-21(19)22)18-25(30)28(17-20)14-6-13-27-12-5-9-24(27)29/h3-4,7-8,10-11,20H,5-6,9,12-18H2,1-2H3/t20-/m0/s1. The van der Waals surface area contributed by atoms with Crippen molar-refractivity contribution in [3.8, 4) is 5.75 Å². The van der Waals surface area contributed by atoms with Crippen LogP contribution < -0.4 is 4.74 Å². The number of carbonyl (C=O) groups is 2. The molecule has 2 saturated heterocycles. The number of amides is 2. The molecular formula is C25H33N3O4. The van der Waals surface area contributed by atoms with Crippen LogP contribution in [0.4, 0.5) is 0 Å². The smallest absolute Gasteiger partial charge is 0.236 e. The number of fused-ring (bicyclic) bond motifs is 1. The Morgan fingerprint density at radius 3 is 2.44 bits per heavy atom. The van der Waals surface area contributed by atoms with E-state index in [1.165, 1.54) is 5.56 Å². The van der Waals surface area contributed by atoms with Crippen molar-refractivity contribution in [1.82, 2.24) is 14.7 Å². The third kappa shape index (κ3) is 5.05. The lowest BCUT2D eigenvalue weighted by molar-refractivity contribution is -0.131. The maximum atomic E-state index is 13.1. The zero-order chi connectivity index (χ0) is 22.5. The molecule has 172 valence electrons. The van der Waals surface area contributed by atoms with Crippen LogP contribution in [0.5, 0.6) is 5.75 Å². The first-order chi connectivity index (χ1) is 15.6. The minimum atomic E-state index is -0.0422. The second kappa shape index (κ2) is 10.3. The second-order valence-electron chi connectivity index (χ2n) is 8.68. The number of benzene rings is 2. The second-order valence-corrected chi connectivity index (χ2v) is 8.68. The number of rotatable bonds is 8. The fraction of sp³-hybridized carbons (Fsp3) is 0.520. The van der Waals surface area contributed by atoms with Crippen LogP contribution in [0.25, 0.3) is 10.8 Å². The van der Waals surface area contributed by atoms with Crippen LogP contribution in [-0.2, 0) is 20.9 Å². The van der Waals surface area contributed by atoms with Crippen molar-refractivity contribution in [3.63, 3.8) is 0 Å². The van der Waals surface area contributed by atoms with E-state index in [2.05, 4.69) is 23.1 Å². The lowest BCUT2D eigenvalue weighted by atomic mass is 10.0. The van der Waals surface area contributed by atoms with Crippen molar-refractivity contribution < 1.29 is 19.1 Å². The van der Waals surface area contributed by atoms with Gasteiger partial charge in [-0.2, -0.15) is 0 Å². The van der Waals surface area contributed by atoms with E-state index in [0.29, 0.717) is 39.1 Å². The van der Waals surface area contributed by atoms with E-state index < -0.39 is 0 Å². The number of ether oxygens (including phenoxy) is 2. The summed E-state index contributed by atoms with van der Waals surface area (Å²) in [7, 11) is 3.40. The van der Waals surface area contributed by atoms with Gasteiger partial charge in [0, 0.05) is 58.2 Å². The van der Waals surface area contributed by atoms with Crippen LogP contribution in [0, 0.1) is 0 Å². The molecule has 2 aliphatic rings. The van der Waals surface area contributed by atoms with Crippen LogP contribution in [-0.4, -0.2) is 86.1 Å². The van der Waals surface area contributed by atoms with Gasteiger partial charge in [0.15, 0.2) is 0 Å². The fourth-order valence-electron chi connectivity index (χ4n) is 4.82. The van der Waals surface area contributed by atoms with Crippen molar-refractivity contribution in [2.24, 2.45) is 0 Å². The van der Waals surface area contributed by atoms with Gasteiger partial charge in [-0.05, 0) is 29.9 Å². The Kier molecular flexibility index (Phi) is 7.27. The Morgan fingerprint density at radius 1 is 0.938 bits per heavy atom. The highest BCUT2D eigenvalue weighted by Crippen LogP contribution is 2.29. The van der Waals surface area contributed by atoms with Crippen LogP contribution in [0.15, 0.2) is 36.4 Å². The van der Waals surface area contributed by atoms with Crippen LogP contribution >= 0.6 is 0 Å². The third-order valence-corrected chi connectivity index (χ3v) is 6.55. The number of hydrogen-bond acceptors (Lipinski definition) is 5. The molecule has 0 spiro atoms. The quantitative estimate of drug-likeness (QED) is 0.633. The summed E-state index contributed by atoms with van der Waals surface area (Å²) < 4.78 is 11.2. The Balaban J connectivity index is 1.43. The average molecular weight is 440 g/mol. The molecular weight excluding hydrogens is 406 g/mol. The highest BCUT2D eigenvalue weighted by molar-refractivity contribution is 5.91. The molecule has 2 fully saturated rings. The van der Waals surface area contributed by atoms with Crippen LogP contribution in [0.2, 0.25) is 0 Å². The first kappa shape index (κ1) is 22.6. The van der Waals surface area contributed by atoms with Gasteiger partial charge in [0.1, 0.15) is 5.75 Å². The van der Waals surface area contributed by atoms with Gasteiger partial charge in [-0.1, -0.05) is 30.3 Å². The number of likely N-dealkylation sites (tertiary alicyclic amines) is 1. The summed E-state index contributed by atoms with van der Waals surface area (Å²) in [5.41, 5.74) is 1.17. The summed E-state index contributed by atoms with van der Waals surface area (Å²) in [6, 6.07) is 12.3. The van der Waals surface area contributed by atoms with Crippen LogP contribution in [0.1, 0.15) is 24.8 Å². The summed E-state index contributed by atoms with van der Waals surface area (Å²) in [6.45, 7) is 4.54. The highest BCUT2D eigenvalue weighted by Gasteiger charge is 2.28. The summed E-state index contributed by atoms with van der Waals surface area (Å²) in [5, 5.41) is 2.22. The maximum Gasteiger partial charge on any atom is 0.236 e. The van der Waals surface area contributed by atoms with Crippen molar-refractivity contribution in [2.45, 2.75) is 31.9 Å². The normalized spacial score (nSPS) is 20.2. The van der Waals surface area contributed by atoms with E-state index in [1.807, 2.05) is 28.0 Å². The van der Waals surface area contributed by atoms with Gasteiger partial charge in [-0.3, -0.25) is 14.5 Å². The first-order valence-corrected chi connectivity index (χ1v) is 11.4. The lowest BCUT2D eigenvalue weighted by Gasteiger charge is -2.24. The highest BCUT2D eigenvalue weighted by atomic mass is 16.5. The Labute approximate surface area is 189 Å². The molecule has 2 amide bonds. The number of carbonyl (C=O) groups excluding carboxylic acids is 2. The molecule has 0 saturated carbocycles. The van der Waals surface area contributed by atoms with E-state index in [4.69, 9.17) is 9.47 Å². The van der Waals surface area contributed by atoms with Gasteiger partial charge in [0.25, 0.3) is 0 Å². The monoisotopic (exact) mass is 439 g/mol. The lowest BCUT2D eigenvalue weighted by Crippen LogP contribution is -2.39. The molecule has 0 aromatic heterocycles. The molecule has 4 rings (SSSR count). The summed E-state index contributed by atoms with van der Waals surface area (Å²) >= 11 is 0. The number of hydrogen-bond donors (Lipinski definition) is 0. The molecule has 32 heavy (non-hydrogen) atoms. The molecule has 7 heteroatoms. The van der Waals surface area contributed by atoms with E-state index in [1.54, 1.807) is 14.2 Å². The predicted molar refractivity (Wildman–Crippen MR) is 124 cm³/mol. The molecule has 2 aliphatic heterocycles. The number of nitrogens with zero attached hydrogens (tertiary/aromatic N) is 3. The predicted octanol–water partition coefficient (Wildman–Crippen LogP) is 2.52. The van der Waals surface area contributed by atoms with Gasteiger partial charge in [-0.15, -0.1) is 0 Å². The molecule has 2 heterocycles. The van der Waals surface area contributed by atoms with E-state index >= 15 is 0 Å². The van der Waals surface area contributed by atoms with Gasteiger partial charge in [-0.25, -0.2) is 0 Å². The summed E-state index contributed by atoms with van der Waals surface area (Å²) in [5.74, 6) is 1.21. The molecule has 0 unspecified atom stereocenters. The Bertz CT molecular complexity index is 963. The van der Waals surface area contributed by atoms with E-state index in [0.717, 1.165) is 42.5 Å². The Hall–Kier alpha value is -2.64. The molecule has 0 N–H and O–H groups in total. The molecule has 7 nitrogen and oxygen atoms in total. The molecule has 0 bridgehead atoms. The molecule has 2 aromatic carbocycles. The third-order valence-electron chi connectivity index (χ3n) is 6.55. The first-order valence-electron chi connectivity index (χ1n) is 11.4. The largest absolute Gasteiger partial charge is 0.496 e. The molecule has 2 aromatic rings. The van der Waals surface area contributed by atoms with E-state index in [9.17, 15) is 9.59 Å². The maximum absolute atomic E-state index is 13.1. The van der Waals surface area contributed by atoms with Crippen molar-refractivity contribution >= 4 is 22.6 Å².